The zero-order valence-corrected chi connectivity index (χ0v) is 12.1. The van der Waals surface area contributed by atoms with Gasteiger partial charge in [-0.25, -0.2) is 4.39 Å². The lowest BCUT2D eigenvalue weighted by Crippen LogP contribution is -2.24. The van der Waals surface area contributed by atoms with Crippen LogP contribution in [0.4, 0.5) is 4.39 Å². The summed E-state index contributed by atoms with van der Waals surface area (Å²) < 4.78 is 20.7. The monoisotopic (exact) mass is 299 g/mol. The molecule has 3 aromatic rings. The Labute approximate surface area is 126 Å². The smallest absolute Gasteiger partial charge is 0.127 e. The predicted molar refractivity (Wildman–Crippen MR) is 83.1 cm³/mol. The molecule has 21 heavy (non-hydrogen) atoms. The van der Waals surface area contributed by atoms with Crippen molar-refractivity contribution < 1.29 is 9.13 Å². The van der Waals surface area contributed by atoms with E-state index in [4.69, 9.17) is 10.5 Å². The largest absolute Gasteiger partial charge is 0.485 e. The van der Waals surface area contributed by atoms with Crippen molar-refractivity contribution in [2.75, 3.05) is 0 Å². The third-order valence-electron chi connectivity index (χ3n) is 3.97. The highest BCUT2D eigenvalue weighted by Crippen LogP contribution is 2.42. The SMILES string of the molecule is NC1CC(c2csc3ccccc23)Oc2cc(F)ccc21. The Kier molecular flexibility index (Phi) is 2.94. The average Bonchev–Trinajstić information content (AvgIpc) is 2.90. The third kappa shape index (κ3) is 2.11. The molecule has 0 radical (unpaired) electrons. The Morgan fingerprint density at radius 1 is 1.14 bits per heavy atom. The lowest BCUT2D eigenvalue weighted by Gasteiger charge is -2.30. The van der Waals surface area contributed by atoms with Gasteiger partial charge in [-0.15, -0.1) is 11.3 Å². The second-order valence-electron chi connectivity index (χ2n) is 5.32. The summed E-state index contributed by atoms with van der Waals surface area (Å²) in [5.74, 6) is 0.269. The van der Waals surface area contributed by atoms with Crippen LogP contribution >= 0.6 is 11.3 Å². The number of fused-ring (bicyclic) bond motifs is 2. The Bertz CT molecular complexity index is 813. The predicted octanol–water partition coefficient (Wildman–Crippen LogP) is 4.56. The molecule has 2 atom stereocenters. The van der Waals surface area contributed by atoms with Crippen LogP contribution in [-0.4, -0.2) is 0 Å². The van der Waals surface area contributed by atoms with Gasteiger partial charge in [-0.2, -0.15) is 0 Å². The fourth-order valence-corrected chi connectivity index (χ4v) is 3.92. The van der Waals surface area contributed by atoms with E-state index in [-0.39, 0.29) is 18.0 Å². The highest BCUT2D eigenvalue weighted by molar-refractivity contribution is 7.17. The molecule has 4 rings (SSSR count). The van der Waals surface area contributed by atoms with Crippen molar-refractivity contribution >= 4 is 21.4 Å². The Balaban J connectivity index is 1.78. The summed E-state index contributed by atoms with van der Waals surface area (Å²) in [6.07, 6.45) is 0.588. The second-order valence-corrected chi connectivity index (χ2v) is 6.23. The second kappa shape index (κ2) is 4.83. The molecule has 2 nitrogen and oxygen atoms in total. The maximum atomic E-state index is 13.4. The van der Waals surface area contributed by atoms with Crippen molar-refractivity contribution in [2.24, 2.45) is 5.73 Å². The Morgan fingerprint density at radius 3 is 2.90 bits per heavy atom. The molecule has 0 amide bonds. The van der Waals surface area contributed by atoms with Gasteiger partial charge in [-0.3, -0.25) is 0 Å². The normalized spacial score (nSPS) is 21.0. The van der Waals surface area contributed by atoms with E-state index in [0.29, 0.717) is 12.2 Å². The highest BCUT2D eigenvalue weighted by atomic mass is 32.1. The van der Waals surface area contributed by atoms with Crippen molar-refractivity contribution in [1.82, 2.24) is 0 Å². The molecule has 106 valence electrons. The Hall–Kier alpha value is -1.91. The lowest BCUT2D eigenvalue weighted by molar-refractivity contribution is 0.162. The molecule has 0 aliphatic carbocycles. The number of ether oxygens (including phenoxy) is 1. The first-order valence-electron chi connectivity index (χ1n) is 6.90. The standard InChI is InChI=1S/C17H14FNOS/c18-10-5-6-12-14(19)8-16(20-15(12)7-10)13-9-21-17-4-2-1-3-11(13)17/h1-7,9,14,16H,8,19H2. The molecule has 0 spiro atoms. The quantitative estimate of drug-likeness (QED) is 0.714. The van der Waals surface area contributed by atoms with Crippen LogP contribution in [-0.2, 0) is 0 Å². The van der Waals surface area contributed by atoms with Crippen LogP contribution in [0.5, 0.6) is 5.75 Å². The van der Waals surface area contributed by atoms with Gasteiger partial charge in [0.1, 0.15) is 17.7 Å². The van der Waals surface area contributed by atoms with Crippen LogP contribution in [0.25, 0.3) is 10.1 Å². The first-order valence-corrected chi connectivity index (χ1v) is 7.78. The van der Waals surface area contributed by atoms with E-state index in [2.05, 4.69) is 17.5 Å². The number of rotatable bonds is 1. The molecule has 0 saturated carbocycles. The summed E-state index contributed by atoms with van der Waals surface area (Å²) in [6.45, 7) is 0. The molecule has 1 aliphatic rings. The summed E-state index contributed by atoms with van der Waals surface area (Å²) in [5, 5.41) is 3.31. The van der Waals surface area contributed by atoms with Crippen LogP contribution < -0.4 is 10.5 Å². The van der Waals surface area contributed by atoms with E-state index in [1.165, 1.54) is 22.2 Å². The fraction of sp³-hybridized carbons (Fsp3) is 0.176. The third-order valence-corrected chi connectivity index (χ3v) is 4.95. The summed E-state index contributed by atoms with van der Waals surface area (Å²) in [7, 11) is 0. The Morgan fingerprint density at radius 2 is 2.00 bits per heavy atom. The van der Waals surface area contributed by atoms with Crippen molar-refractivity contribution in [1.29, 1.82) is 0 Å². The van der Waals surface area contributed by atoms with Crippen molar-refractivity contribution in [3.63, 3.8) is 0 Å². The van der Waals surface area contributed by atoms with Crippen LogP contribution in [0, 0.1) is 5.82 Å². The van der Waals surface area contributed by atoms with Crippen LogP contribution in [0.15, 0.2) is 47.8 Å². The van der Waals surface area contributed by atoms with Gasteiger partial charge >= 0.3 is 0 Å². The molecule has 2 unspecified atom stereocenters. The zero-order valence-electron chi connectivity index (χ0n) is 11.3. The summed E-state index contributed by atoms with van der Waals surface area (Å²) >= 11 is 1.70. The van der Waals surface area contributed by atoms with Crippen molar-refractivity contribution in [2.45, 2.75) is 18.6 Å². The number of hydrogen-bond donors (Lipinski definition) is 1. The fourth-order valence-electron chi connectivity index (χ4n) is 2.91. The van der Waals surface area contributed by atoms with Gasteiger partial charge in [0.15, 0.2) is 0 Å². The maximum Gasteiger partial charge on any atom is 0.127 e. The van der Waals surface area contributed by atoms with E-state index in [0.717, 1.165) is 11.1 Å². The van der Waals surface area contributed by atoms with E-state index < -0.39 is 0 Å². The number of benzene rings is 2. The van der Waals surface area contributed by atoms with Crippen LogP contribution in [0.2, 0.25) is 0 Å². The topological polar surface area (TPSA) is 35.2 Å². The molecule has 1 aromatic heterocycles. The van der Waals surface area contributed by atoms with E-state index in [1.807, 2.05) is 12.1 Å². The van der Waals surface area contributed by atoms with Crippen LogP contribution in [0.3, 0.4) is 0 Å². The van der Waals surface area contributed by atoms with Gasteiger partial charge < -0.3 is 10.5 Å². The molecule has 4 heteroatoms. The molecule has 2 N–H and O–H groups in total. The van der Waals surface area contributed by atoms with Crippen molar-refractivity contribution in [3.8, 4) is 5.75 Å². The molecule has 1 aliphatic heterocycles. The lowest BCUT2D eigenvalue weighted by atomic mass is 9.93. The molecule has 0 fully saturated rings. The molecule has 0 saturated heterocycles. The van der Waals surface area contributed by atoms with E-state index in [1.54, 1.807) is 17.4 Å². The number of halogens is 1. The van der Waals surface area contributed by atoms with Gasteiger partial charge in [0.25, 0.3) is 0 Å². The van der Waals surface area contributed by atoms with Gasteiger partial charge in [0.05, 0.1) is 0 Å². The molecule has 0 bridgehead atoms. The first-order chi connectivity index (χ1) is 10.2. The maximum absolute atomic E-state index is 13.4. The number of thiophene rings is 1. The van der Waals surface area contributed by atoms with Crippen LogP contribution in [0.1, 0.15) is 29.7 Å². The summed E-state index contributed by atoms with van der Waals surface area (Å²) in [5.41, 5.74) is 8.26. The molecule has 2 aromatic carbocycles. The molecular weight excluding hydrogens is 285 g/mol. The first kappa shape index (κ1) is 12.8. The highest BCUT2D eigenvalue weighted by Gasteiger charge is 2.28. The molecular formula is C17H14FNOS. The molecule has 2 heterocycles. The minimum Gasteiger partial charge on any atom is -0.485 e. The van der Waals surface area contributed by atoms with Crippen molar-refractivity contribution in [3.05, 3.63) is 64.8 Å². The minimum absolute atomic E-state index is 0.120. The van der Waals surface area contributed by atoms with Gasteiger partial charge in [0.2, 0.25) is 0 Å². The van der Waals surface area contributed by atoms with E-state index >= 15 is 0 Å². The average molecular weight is 299 g/mol. The number of hydrogen-bond acceptors (Lipinski definition) is 3. The van der Waals surface area contributed by atoms with Gasteiger partial charge in [0, 0.05) is 34.4 Å². The van der Waals surface area contributed by atoms with Gasteiger partial charge in [-0.05, 0) is 22.9 Å². The minimum atomic E-state index is -0.295. The summed E-state index contributed by atoms with van der Waals surface area (Å²) in [4.78, 5) is 0. The summed E-state index contributed by atoms with van der Waals surface area (Å²) in [6, 6.07) is 12.7. The van der Waals surface area contributed by atoms with E-state index in [9.17, 15) is 4.39 Å². The number of nitrogens with two attached hydrogens (primary N) is 1. The van der Waals surface area contributed by atoms with Gasteiger partial charge in [-0.1, -0.05) is 24.3 Å². The zero-order chi connectivity index (χ0) is 14.4.